The van der Waals surface area contributed by atoms with Gasteiger partial charge in [-0.25, -0.2) is 0 Å². The Morgan fingerprint density at radius 2 is 1.50 bits per heavy atom. The van der Waals surface area contributed by atoms with Crippen LogP contribution in [0.25, 0.3) is 0 Å². The first-order chi connectivity index (χ1) is 4.74. The molecule has 10 heavy (non-hydrogen) atoms. The van der Waals surface area contributed by atoms with Crippen LogP contribution in [0.3, 0.4) is 0 Å². The molecule has 0 amide bonds. The van der Waals surface area contributed by atoms with Gasteiger partial charge in [-0.05, 0) is 0 Å². The summed E-state index contributed by atoms with van der Waals surface area (Å²) in [5.74, 6) is 0. The molecule has 0 aromatic rings. The maximum absolute atomic E-state index is 8.60. The van der Waals surface area contributed by atoms with E-state index < -0.39 is 19.0 Å². The van der Waals surface area contributed by atoms with Gasteiger partial charge in [-0.1, -0.05) is 0 Å². The normalized spacial score (nSPS) is 14.1. The lowest BCUT2D eigenvalue weighted by atomic mass is 10.4. The third kappa shape index (κ3) is 3.76. The van der Waals surface area contributed by atoms with Crippen molar-refractivity contribution >= 4 is 0 Å². The minimum atomic E-state index is -1.33. The van der Waals surface area contributed by atoms with Gasteiger partial charge in [0.15, 0.2) is 6.29 Å². The van der Waals surface area contributed by atoms with Crippen molar-refractivity contribution in [2.75, 3.05) is 19.8 Å². The fourth-order valence-corrected chi connectivity index (χ4v) is 0.409. The second kappa shape index (κ2) is 5.57. The van der Waals surface area contributed by atoms with Gasteiger partial charge < -0.3 is 25.2 Å². The predicted octanol–water partition coefficient (Wildman–Crippen LogP) is -2.33. The minimum Gasteiger partial charge on any atom is -0.394 e. The lowest BCUT2D eigenvalue weighted by Crippen LogP contribution is -2.30. The first kappa shape index (κ1) is 9.80. The van der Waals surface area contributed by atoms with Crippen molar-refractivity contribution < 1.29 is 25.2 Å². The Hall–Kier alpha value is -0.200. The zero-order valence-corrected chi connectivity index (χ0v) is 5.47. The standard InChI is InChI=1S/C5H12O5/c6-1-4(2-7)10-5(9)3-8/h4-9H,1-3H2. The van der Waals surface area contributed by atoms with Crippen molar-refractivity contribution in [1.29, 1.82) is 0 Å². The van der Waals surface area contributed by atoms with Crippen molar-refractivity contribution in [3.63, 3.8) is 0 Å². The molecule has 0 saturated heterocycles. The Balaban J connectivity index is 3.41. The zero-order chi connectivity index (χ0) is 7.98. The summed E-state index contributed by atoms with van der Waals surface area (Å²) in [6, 6.07) is 0. The Morgan fingerprint density at radius 3 is 1.80 bits per heavy atom. The maximum Gasteiger partial charge on any atom is 0.178 e. The molecule has 0 aromatic heterocycles. The van der Waals surface area contributed by atoms with Crippen molar-refractivity contribution in [1.82, 2.24) is 0 Å². The molecular formula is C5H12O5. The van der Waals surface area contributed by atoms with Crippen LogP contribution >= 0.6 is 0 Å². The highest BCUT2D eigenvalue weighted by molar-refractivity contribution is 4.52. The van der Waals surface area contributed by atoms with E-state index in [1.165, 1.54) is 0 Å². The third-order valence-corrected chi connectivity index (χ3v) is 0.913. The van der Waals surface area contributed by atoms with Crippen molar-refractivity contribution in [2.45, 2.75) is 12.4 Å². The molecule has 0 aliphatic carbocycles. The van der Waals surface area contributed by atoms with Crippen LogP contribution in [0.4, 0.5) is 0 Å². The SMILES string of the molecule is OCC(O)OC(CO)CO. The molecule has 4 N–H and O–H groups in total. The number of aliphatic hydroxyl groups is 4. The van der Waals surface area contributed by atoms with Gasteiger partial charge in [-0.2, -0.15) is 0 Å². The fraction of sp³-hybridized carbons (Fsp3) is 1.00. The minimum absolute atomic E-state index is 0.381. The number of ether oxygens (including phenoxy) is 1. The van der Waals surface area contributed by atoms with E-state index in [4.69, 9.17) is 20.4 Å². The smallest absolute Gasteiger partial charge is 0.178 e. The second-order valence-electron chi connectivity index (χ2n) is 1.76. The van der Waals surface area contributed by atoms with E-state index in [2.05, 4.69) is 4.74 Å². The van der Waals surface area contributed by atoms with Gasteiger partial charge >= 0.3 is 0 Å². The highest BCUT2D eigenvalue weighted by Gasteiger charge is 2.10. The van der Waals surface area contributed by atoms with Crippen LogP contribution in [0.1, 0.15) is 0 Å². The highest BCUT2D eigenvalue weighted by Crippen LogP contribution is 1.93. The van der Waals surface area contributed by atoms with Crippen LogP contribution in [0.15, 0.2) is 0 Å². The lowest BCUT2D eigenvalue weighted by Gasteiger charge is -2.15. The number of aliphatic hydroxyl groups excluding tert-OH is 4. The molecule has 0 saturated carbocycles. The van der Waals surface area contributed by atoms with E-state index in [0.29, 0.717) is 0 Å². The van der Waals surface area contributed by atoms with Crippen LogP contribution in [-0.2, 0) is 4.74 Å². The van der Waals surface area contributed by atoms with Gasteiger partial charge in [-0.15, -0.1) is 0 Å². The summed E-state index contributed by atoms with van der Waals surface area (Å²) >= 11 is 0. The Morgan fingerprint density at radius 1 is 1.00 bits per heavy atom. The highest BCUT2D eigenvalue weighted by atomic mass is 16.6. The van der Waals surface area contributed by atoms with Crippen LogP contribution < -0.4 is 0 Å². The monoisotopic (exact) mass is 152 g/mol. The van der Waals surface area contributed by atoms with Crippen LogP contribution in [-0.4, -0.2) is 52.6 Å². The molecule has 0 aromatic carbocycles. The summed E-state index contributed by atoms with van der Waals surface area (Å²) in [5.41, 5.74) is 0. The van der Waals surface area contributed by atoms with Crippen LogP contribution in [0.2, 0.25) is 0 Å². The van der Waals surface area contributed by atoms with E-state index in [-0.39, 0.29) is 13.2 Å². The van der Waals surface area contributed by atoms with Crippen molar-refractivity contribution in [3.05, 3.63) is 0 Å². The van der Waals surface area contributed by atoms with E-state index in [0.717, 1.165) is 0 Å². The maximum atomic E-state index is 8.60. The van der Waals surface area contributed by atoms with Gasteiger partial charge in [0.05, 0.1) is 19.8 Å². The number of rotatable bonds is 5. The van der Waals surface area contributed by atoms with Crippen LogP contribution in [0.5, 0.6) is 0 Å². The zero-order valence-electron chi connectivity index (χ0n) is 5.47. The third-order valence-electron chi connectivity index (χ3n) is 0.913. The van der Waals surface area contributed by atoms with E-state index >= 15 is 0 Å². The van der Waals surface area contributed by atoms with Crippen LogP contribution in [0, 0.1) is 0 Å². The summed E-state index contributed by atoms with van der Waals surface area (Å²) in [4.78, 5) is 0. The van der Waals surface area contributed by atoms with Crippen molar-refractivity contribution in [2.24, 2.45) is 0 Å². The molecule has 5 nitrogen and oxygen atoms in total. The molecule has 0 aliphatic rings. The van der Waals surface area contributed by atoms with E-state index in [9.17, 15) is 0 Å². The average molecular weight is 152 g/mol. The average Bonchev–Trinajstić information content (AvgIpc) is 1.99. The van der Waals surface area contributed by atoms with Gasteiger partial charge in [-0.3, -0.25) is 0 Å². The molecular weight excluding hydrogens is 140 g/mol. The lowest BCUT2D eigenvalue weighted by molar-refractivity contribution is -0.173. The molecule has 0 bridgehead atoms. The number of hydrogen-bond donors (Lipinski definition) is 4. The molecule has 1 unspecified atom stereocenters. The first-order valence-corrected chi connectivity index (χ1v) is 2.90. The summed E-state index contributed by atoms with van der Waals surface area (Å²) in [5, 5.41) is 33.6. The molecule has 0 fully saturated rings. The molecule has 0 aliphatic heterocycles. The van der Waals surface area contributed by atoms with Gasteiger partial charge in [0.1, 0.15) is 6.10 Å². The molecule has 62 valence electrons. The van der Waals surface area contributed by atoms with Gasteiger partial charge in [0.2, 0.25) is 0 Å². The molecule has 5 heteroatoms. The second-order valence-corrected chi connectivity index (χ2v) is 1.76. The molecule has 0 spiro atoms. The largest absolute Gasteiger partial charge is 0.394 e. The van der Waals surface area contributed by atoms with Crippen molar-refractivity contribution in [3.8, 4) is 0 Å². The summed E-state index contributed by atoms with van der Waals surface area (Å²) < 4.78 is 4.50. The van der Waals surface area contributed by atoms with Gasteiger partial charge in [0.25, 0.3) is 0 Å². The summed E-state index contributed by atoms with van der Waals surface area (Å²) in [6.07, 6.45) is -2.15. The topological polar surface area (TPSA) is 90.2 Å². The Bertz CT molecular complexity index is 72.4. The predicted molar refractivity (Wildman–Crippen MR) is 32.1 cm³/mol. The quantitative estimate of drug-likeness (QED) is 0.332. The first-order valence-electron chi connectivity index (χ1n) is 2.90. The summed E-state index contributed by atoms with van der Waals surface area (Å²) in [6.45, 7) is -1.31. The molecule has 0 radical (unpaired) electrons. The molecule has 1 atom stereocenters. The summed E-state index contributed by atoms with van der Waals surface area (Å²) in [7, 11) is 0. The Labute approximate surface area is 58.5 Å². The van der Waals surface area contributed by atoms with E-state index in [1.807, 2.05) is 0 Å². The van der Waals surface area contributed by atoms with Gasteiger partial charge in [0, 0.05) is 0 Å². The Kier molecular flexibility index (Phi) is 5.46. The molecule has 0 rings (SSSR count). The molecule has 0 heterocycles. The fourth-order valence-electron chi connectivity index (χ4n) is 0.409. The van der Waals surface area contributed by atoms with E-state index in [1.54, 1.807) is 0 Å². The number of hydrogen-bond acceptors (Lipinski definition) is 5.